The fourth-order valence-corrected chi connectivity index (χ4v) is 2.75. The van der Waals surface area contributed by atoms with Crippen molar-refractivity contribution < 1.29 is 0 Å². The Morgan fingerprint density at radius 3 is 2.77 bits per heavy atom. The van der Waals surface area contributed by atoms with Crippen molar-refractivity contribution in [2.45, 2.75) is 33.2 Å². The van der Waals surface area contributed by atoms with Crippen molar-refractivity contribution in [3.05, 3.63) is 54.2 Å². The molecule has 1 aromatic carbocycles. The number of nitrogens with one attached hydrogen (secondary N) is 1. The predicted molar refractivity (Wildman–Crippen MR) is 91.2 cm³/mol. The molecule has 0 unspecified atom stereocenters. The molecule has 4 nitrogen and oxygen atoms in total. The number of hydrogen-bond acceptors (Lipinski definition) is 3. The summed E-state index contributed by atoms with van der Waals surface area (Å²) in [5, 5.41) is 4.75. The molecule has 0 bridgehead atoms. The maximum atomic E-state index is 4.48. The highest BCUT2D eigenvalue weighted by Gasteiger charge is 2.03. The number of fused-ring (bicyclic) bond motifs is 1. The Balaban J connectivity index is 1.56. The molecule has 0 spiro atoms. The third-order valence-corrected chi connectivity index (χ3v) is 4.04. The molecule has 4 heteroatoms. The lowest BCUT2D eigenvalue weighted by molar-refractivity contribution is 0.607. The molecule has 1 N–H and O–H groups in total. The zero-order chi connectivity index (χ0) is 15.4. The lowest BCUT2D eigenvalue weighted by atomic mass is 10.1. The summed E-state index contributed by atoms with van der Waals surface area (Å²) in [5.41, 5.74) is 3.48. The fraction of sp³-hybridized carbons (Fsp3) is 0.333. The molecular weight excluding hydrogens is 272 g/mol. The third-order valence-electron chi connectivity index (χ3n) is 4.04. The lowest BCUT2D eigenvalue weighted by Crippen LogP contribution is -2.05. The molecule has 0 radical (unpaired) electrons. The van der Waals surface area contributed by atoms with E-state index < -0.39 is 0 Å². The molecule has 3 rings (SSSR count). The number of imidazole rings is 1. The van der Waals surface area contributed by atoms with Gasteiger partial charge in [0.15, 0.2) is 0 Å². The second kappa shape index (κ2) is 6.60. The van der Waals surface area contributed by atoms with Crippen molar-refractivity contribution in [1.82, 2.24) is 14.5 Å². The Hall–Kier alpha value is -2.36. The minimum atomic E-state index is 0.973. The van der Waals surface area contributed by atoms with E-state index in [4.69, 9.17) is 0 Å². The van der Waals surface area contributed by atoms with Crippen molar-refractivity contribution in [3.8, 4) is 0 Å². The summed E-state index contributed by atoms with van der Waals surface area (Å²) in [6.45, 7) is 6.15. The summed E-state index contributed by atoms with van der Waals surface area (Å²) in [4.78, 5) is 8.72. The van der Waals surface area contributed by atoms with Crippen LogP contribution in [0.3, 0.4) is 0 Å². The molecule has 2 heterocycles. The van der Waals surface area contributed by atoms with Crippen molar-refractivity contribution in [2.75, 3.05) is 11.9 Å². The molecule has 0 amide bonds. The van der Waals surface area contributed by atoms with Gasteiger partial charge in [0.05, 0.1) is 5.52 Å². The summed E-state index contributed by atoms with van der Waals surface area (Å²) in [6, 6.07) is 8.38. The Kier molecular flexibility index (Phi) is 4.37. The molecule has 0 saturated carbocycles. The Bertz CT molecular complexity index is 761. The van der Waals surface area contributed by atoms with Gasteiger partial charge in [-0.3, -0.25) is 4.98 Å². The second-order valence-corrected chi connectivity index (χ2v) is 5.63. The highest BCUT2D eigenvalue weighted by molar-refractivity contribution is 5.92. The van der Waals surface area contributed by atoms with Gasteiger partial charge in [-0.1, -0.05) is 18.2 Å². The molecule has 0 aliphatic carbocycles. The van der Waals surface area contributed by atoms with Crippen LogP contribution in [0.5, 0.6) is 0 Å². The van der Waals surface area contributed by atoms with Gasteiger partial charge in [0.1, 0.15) is 5.82 Å². The van der Waals surface area contributed by atoms with Gasteiger partial charge in [-0.15, -0.1) is 0 Å². The van der Waals surface area contributed by atoms with Crippen LogP contribution in [0.4, 0.5) is 5.69 Å². The number of unbranched alkanes of at least 4 members (excludes halogenated alkanes) is 1. The van der Waals surface area contributed by atoms with Crippen molar-refractivity contribution in [2.24, 2.45) is 0 Å². The van der Waals surface area contributed by atoms with Crippen LogP contribution in [0, 0.1) is 13.8 Å². The van der Waals surface area contributed by atoms with Gasteiger partial charge in [-0.05, 0) is 38.3 Å². The van der Waals surface area contributed by atoms with E-state index in [1.807, 2.05) is 25.5 Å². The third kappa shape index (κ3) is 3.11. The van der Waals surface area contributed by atoms with Gasteiger partial charge in [-0.2, -0.15) is 0 Å². The molecule has 114 valence electrons. The van der Waals surface area contributed by atoms with Crippen LogP contribution < -0.4 is 5.32 Å². The molecule has 2 aromatic heterocycles. The fourth-order valence-electron chi connectivity index (χ4n) is 2.75. The number of nitrogens with zero attached hydrogens (tertiary/aromatic N) is 3. The summed E-state index contributed by atoms with van der Waals surface area (Å²) in [5.74, 6) is 1.09. The van der Waals surface area contributed by atoms with E-state index in [0.717, 1.165) is 37.3 Å². The normalized spacial score (nSPS) is 11.0. The number of rotatable bonds is 6. The van der Waals surface area contributed by atoms with Crippen LogP contribution in [0.25, 0.3) is 10.9 Å². The largest absolute Gasteiger partial charge is 0.384 e. The number of anilines is 1. The van der Waals surface area contributed by atoms with E-state index in [9.17, 15) is 0 Å². The Morgan fingerprint density at radius 2 is 1.95 bits per heavy atom. The highest BCUT2D eigenvalue weighted by atomic mass is 15.0. The van der Waals surface area contributed by atoms with Gasteiger partial charge >= 0.3 is 0 Å². The zero-order valence-corrected chi connectivity index (χ0v) is 13.2. The molecule has 0 atom stereocenters. The van der Waals surface area contributed by atoms with Crippen LogP contribution in [0.15, 0.2) is 42.9 Å². The maximum absolute atomic E-state index is 4.48. The van der Waals surface area contributed by atoms with Crippen LogP contribution >= 0.6 is 0 Å². The first-order valence-electron chi connectivity index (χ1n) is 7.81. The van der Waals surface area contributed by atoms with Crippen molar-refractivity contribution in [3.63, 3.8) is 0 Å². The molecular formula is C18H22N4. The molecule has 22 heavy (non-hydrogen) atoms. The average Bonchev–Trinajstić information content (AvgIpc) is 2.93. The first-order chi connectivity index (χ1) is 10.8. The average molecular weight is 294 g/mol. The topological polar surface area (TPSA) is 42.7 Å². The van der Waals surface area contributed by atoms with Crippen LogP contribution in [-0.4, -0.2) is 21.1 Å². The van der Waals surface area contributed by atoms with Crippen molar-refractivity contribution >= 4 is 16.6 Å². The van der Waals surface area contributed by atoms with Crippen LogP contribution in [0.2, 0.25) is 0 Å². The minimum Gasteiger partial charge on any atom is -0.384 e. The maximum Gasteiger partial charge on any atom is 0.105 e. The number of benzene rings is 1. The quantitative estimate of drug-likeness (QED) is 0.700. The van der Waals surface area contributed by atoms with E-state index in [1.54, 1.807) is 0 Å². The smallest absolute Gasteiger partial charge is 0.105 e. The van der Waals surface area contributed by atoms with Gasteiger partial charge in [-0.25, -0.2) is 4.98 Å². The molecule has 0 fully saturated rings. The summed E-state index contributed by atoms with van der Waals surface area (Å²) in [7, 11) is 0. The summed E-state index contributed by atoms with van der Waals surface area (Å²) in [6.07, 6.45) is 8.06. The number of pyridine rings is 1. The van der Waals surface area contributed by atoms with E-state index in [2.05, 4.69) is 51.0 Å². The number of aryl methyl sites for hydroxylation is 3. The number of para-hydroxylation sites is 1. The van der Waals surface area contributed by atoms with E-state index in [1.165, 1.54) is 16.6 Å². The van der Waals surface area contributed by atoms with Gasteiger partial charge in [0, 0.05) is 42.8 Å². The predicted octanol–water partition coefficient (Wildman–Crippen LogP) is 3.94. The monoisotopic (exact) mass is 294 g/mol. The molecule has 0 saturated heterocycles. The standard InChI is InChI=1S/C18H22N4/c1-14-6-5-7-16-17(8-10-21-18(14)16)20-9-3-4-12-22-13-11-19-15(22)2/h5-8,10-11,13H,3-4,9,12H2,1-2H3,(H,20,21). The molecule has 3 aromatic rings. The van der Waals surface area contributed by atoms with E-state index >= 15 is 0 Å². The SMILES string of the molecule is Cc1cccc2c(NCCCCn3ccnc3C)ccnc12. The van der Waals surface area contributed by atoms with Crippen molar-refractivity contribution in [1.29, 1.82) is 0 Å². The highest BCUT2D eigenvalue weighted by Crippen LogP contribution is 2.23. The zero-order valence-electron chi connectivity index (χ0n) is 13.2. The van der Waals surface area contributed by atoms with E-state index in [-0.39, 0.29) is 0 Å². The summed E-state index contributed by atoms with van der Waals surface area (Å²) < 4.78 is 2.20. The van der Waals surface area contributed by atoms with Gasteiger partial charge < -0.3 is 9.88 Å². The Labute approximate surface area is 131 Å². The first kappa shape index (κ1) is 14.6. The number of hydrogen-bond donors (Lipinski definition) is 1. The second-order valence-electron chi connectivity index (χ2n) is 5.63. The van der Waals surface area contributed by atoms with Crippen LogP contribution in [-0.2, 0) is 6.54 Å². The lowest BCUT2D eigenvalue weighted by Gasteiger charge is -2.11. The minimum absolute atomic E-state index is 0.973. The van der Waals surface area contributed by atoms with Gasteiger partial charge in [0.2, 0.25) is 0 Å². The van der Waals surface area contributed by atoms with E-state index in [0.29, 0.717) is 0 Å². The molecule has 0 aliphatic heterocycles. The number of aromatic nitrogens is 3. The molecule has 0 aliphatic rings. The van der Waals surface area contributed by atoms with Gasteiger partial charge in [0.25, 0.3) is 0 Å². The Morgan fingerprint density at radius 1 is 1.05 bits per heavy atom. The first-order valence-corrected chi connectivity index (χ1v) is 7.81. The summed E-state index contributed by atoms with van der Waals surface area (Å²) >= 11 is 0. The van der Waals surface area contributed by atoms with Crippen LogP contribution in [0.1, 0.15) is 24.2 Å².